The molecule has 4 nitrogen and oxygen atoms in total. The Morgan fingerprint density at radius 1 is 1.05 bits per heavy atom. The molecule has 1 amide bonds. The summed E-state index contributed by atoms with van der Waals surface area (Å²) in [6, 6.07) is 9.57. The zero-order chi connectivity index (χ0) is 15.4. The fourth-order valence-corrected chi connectivity index (χ4v) is 2.32. The third kappa shape index (κ3) is 4.05. The lowest BCUT2D eigenvalue weighted by Gasteiger charge is -2.10. The lowest BCUT2D eigenvalue weighted by molar-refractivity contribution is 0.102. The molecule has 0 radical (unpaired) electrons. The summed E-state index contributed by atoms with van der Waals surface area (Å²) in [5.74, 6) is 0.604. The topological polar surface area (TPSA) is 54.0 Å². The van der Waals surface area contributed by atoms with Crippen molar-refractivity contribution in [2.24, 2.45) is 0 Å². The van der Waals surface area contributed by atoms with Crippen LogP contribution in [-0.4, -0.2) is 17.4 Å². The molecular weight excluding hydrogens is 262 g/mol. The minimum Gasteiger partial charge on any atom is -0.370 e. The molecule has 1 heterocycles. The number of aryl methyl sites for hydroxylation is 3. The van der Waals surface area contributed by atoms with Gasteiger partial charge in [-0.15, -0.1) is 0 Å². The number of hydrogen-bond acceptors (Lipinski definition) is 3. The maximum absolute atomic E-state index is 12.4. The Labute approximate surface area is 125 Å². The minimum atomic E-state index is -0.121. The number of carbonyl (C=O) groups is 1. The molecule has 0 saturated carbocycles. The van der Waals surface area contributed by atoms with E-state index in [0.29, 0.717) is 5.56 Å². The van der Waals surface area contributed by atoms with Crippen molar-refractivity contribution < 1.29 is 4.79 Å². The summed E-state index contributed by atoms with van der Waals surface area (Å²) in [7, 11) is 0. The zero-order valence-electron chi connectivity index (χ0n) is 12.9. The number of aromatic nitrogens is 1. The minimum absolute atomic E-state index is 0.121. The molecule has 0 fully saturated rings. The molecule has 2 N–H and O–H groups in total. The predicted molar refractivity (Wildman–Crippen MR) is 87.0 cm³/mol. The second-order valence-corrected chi connectivity index (χ2v) is 5.24. The van der Waals surface area contributed by atoms with Crippen molar-refractivity contribution in [2.75, 3.05) is 17.2 Å². The van der Waals surface area contributed by atoms with E-state index in [0.717, 1.165) is 34.9 Å². The molecule has 0 bridgehead atoms. The fourth-order valence-electron chi connectivity index (χ4n) is 2.32. The van der Waals surface area contributed by atoms with E-state index in [2.05, 4.69) is 21.7 Å². The van der Waals surface area contributed by atoms with E-state index < -0.39 is 0 Å². The largest absolute Gasteiger partial charge is 0.370 e. The maximum Gasteiger partial charge on any atom is 0.255 e. The lowest BCUT2D eigenvalue weighted by atomic mass is 10.1. The molecule has 0 atom stereocenters. The highest BCUT2D eigenvalue weighted by atomic mass is 16.1. The molecular formula is C17H21N3O. The van der Waals surface area contributed by atoms with Crippen LogP contribution in [0.4, 0.5) is 11.5 Å². The normalized spacial score (nSPS) is 10.3. The Balaban J connectivity index is 2.23. The first-order valence-corrected chi connectivity index (χ1v) is 7.10. The van der Waals surface area contributed by atoms with E-state index >= 15 is 0 Å². The third-order valence-corrected chi connectivity index (χ3v) is 3.05. The van der Waals surface area contributed by atoms with E-state index in [-0.39, 0.29) is 5.91 Å². The molecule has 2 rings (SSSR count). The summed E-state index contributed by atoms with van der Waals surface area (Å²) in [4.78, 5) is 16.7. The summed E-state index contributed by atoms with van der Waals surface area (Å²) in [6.07, 6.45) is 0. The first-order chi connectivity index (χ1) is 9.97. The Bertz CT molecular complexity index is 645. The van der Waals surface area contributed by atoms with Gasteiger partial charge >= 0.3 is 0 Å². The second-order valence-electron chi connectivity index (χ2n) is 5.24. The van der Waals surface area contributed by atoms with Crippen LogP contribution in [-0.2, 0) is 0 Å². The average molecular weight is 283 g/mol. The van der Waals surface area contributed by atoms with Crippen LogP contribution in [0.1, 0.15) is 34.1 Å². The molecule has 1 aromatic heterocycles. The molecule has 1 aromatic carbocycles. The van der Waals surface area contributed by atoms with Crippen molar-refractivity contribution in [3.8, 4) is 0 Å². The summed E-state index contributed by atoms with van der Waals surface area (Å²) >= 11 is 0. The van der Waals surface area contributed by atoms with E-state index in [1.54, 1.807) is 12.1 Å². The van der Waals surface area contributed by atoms with Crippen molar-refractivity contribution in [2.45, 2.75) is 27.7 Å². The van der Waals surface area contributed by atoms with Crippen LogP contribution in [0, 0.1) is 20.8 Å². The number of rotatable bonds is 4. The first-order valence-electron chi connectivity index (χ1n) is 7.10. The van der Waals surface area contributed by atoms with Crippen molar-refractivity contribution in [1.82, 2.24) is 4.98 Å². The molecule has 4 heteroatoms. The van der Waals surface area contributed by atoms with Gasteiger partial charge in [-0.25, -0.2) is 4.98 Å². The van der Waals surface area contributed by atoms with Gasteiger partial charge in [0.05, 0.1) is 0 Å². The van der Waals surface area contributed by atoms with Crippen molar-refractivity contribution in [3.63, 3.8) is 0 Å². The predicted octanol–water partition coefficient (Wildman–Crippen LogP) is 3.69. The second kappa shape index (κ2) is 6.39. The van der Waals surface area contributed by atoms with Crippen molar-refractivity contribution in [3.05, 3.63) is 52.7 Å². The summed E-state index contributed by atoms with van der Waals surface area (Å²) in [5, 5.41) is 6.08. The molecule has 0 aliphatic carbocycles. The van der Waals surface area contributed by atoms with Gasteiger partial charge in [-0.2, -0.15) is 0 Å². The van der Waals surface area contributed by atoms with E-state index in [1.807, 2.05) is 39.8 Å². The van der Waals surface area contributed by atoms with E-state index in [9.17, 15) is 4.79 Å². The average Bonchev–Trinajstić information content (AvgIpc) is 2.37. The van der Waals surface area contributed by atoms with Gasteiger partial charge in [-0.3, -0.25) is 4.79 Å². The Kier molecular flexibility index (Phi) is 4.58. The standard InChI is InChI=1S/C17H21N3O/c1-5-18-16-10-14(9-13(4)19-16)17(21)20-15-7-11(2)6-12(3)8-15/h6-10H,5H2,1-4H3,(H,18,19)(H,20,21). The number of nitrogens with zero attached hydrogens (tertiary/aromatic N) is 1. The van der Waals surface area contributed by atoms with Crippen LogP contribution in [0.5, 0.6) is 0 Å². The highest BCUT2D eigenvalue weighted by Crippen LogP contribution is 2.16. The van der Waals surface area contributed by atoms with Crippen molar-refractivity contribution >= 4 is 17.4 Å². The smallest absolute Gasteiger partial charge is 0.255 e. The Morgan fingerprint density at radius 3 is 2.33 bits per heavy atom. The molecule has 0 spiro atoms. The SMILES string of the molecule is CCNc1cc(C(=O)Nc2cc(C)cc(C)c2)cc(C)n1. The number of amides is 1. The molecule has 0 unspecified atom stereocenters. The van der Waals surface area contributed by atoms with Gasteiger partial charge in [0, 0.05) is 23.5 Å². The van der Waals surface area contributed by atoms with Gasteiger partial charge < -0.3 is 10.6 Å². The highest BCUT2D eigenvalue weighted by molar-refractivity contribution is 6.04. The number of nitrogens with one attached hydrogen (secondary N) is 2. The summed E-state index contributed by atoms with van der Waals surface area (Å²) in [6.45, 7) is 8.69. The quantitative estimate of drug-likeness (QED) is 0.899. The molecule has 2 aromatic rings. The molecule has 0 saturated heterocycles. The van der Waals surface area contributed by atoms with Crippen LogP contribution in [0.15, 0.2) is 30.3 Å². The fraction of sp³-hybridized carbons (Fsp3) is 0.294. The Morgan fingerprint density at radius 2 is 1.71 bits per heavy atom. The lowest BCUT2D eigenvalue weighted by Crippen LogP contribution is -2.13. The Hall–Kier alpha value is -2.36. The van der Waals surface area contributed by atoms with Gasteiger partial charge in [0.25, 0.3) is 5.91 Å². The van der Waals surface area contributed by atoms with Crippen molar-refractivity contribution in [1.29, 1.82) is 0 Å². The number of hydrogen-bond donors (Lipinski definition) is 2. The van der Waals surface area contributed by atoms with E-state index in [4.69, 9.17) is 0 Å². The van der Waals surface area contributed by atoms with Gasteiger partial charge in [0.15, 0.2) is 0 Å². The molecule has 0 aliphatic heterocycles. The van der Waals surface area contributed by atoms with Gasteiger partial charge in [0.1, 0.15) is 5.82 Å². The first kappa shape index (κ1) is 15.0. The van der Waals surface area contributed by atoms with Gasteiger partial charge in [-0.05, 0) is 63.1 Å². The van der Waals surface area contributed by atoms with Crippen LogP contribution >= 0.6 is 0 Å². The summed E-state index contributed by atoms with van der Waals surface area (Å²) in [5.41, 5.74) is 4.50. The number of anilines is 2. The molecule has 21 heavy (non-hydrogen) atoms. The maximum atomic E-state index is 12.4. The van der Waals surface area contributed by atoms with Crippen LogP contribution in [0.3, 0.4) is 0 Å². The van der Waals surface area contributed by atoms with Crippen LogP contribution < -0.4 is 10.6 Å². The molecule has 0 aliphatic rings. The third-order valence-electron chi connectivity index (χ3n) is 3.05. The summed E-state index contributed by atoms with van der Waals surface area (Å²) < 4.78 is 0. The van der Waals surface area contributed by atoms with Gasteiger partial charge in [0.2, 0.25) is 0 Å². The monoisotopic (exact) mass is 283 g/mol. The number of benzene rings is 1. The van der Waals surface area contributed by atoms with Crippen LogP contribution in [0.2, 0.25) is 0 Å². The molecule has 110 valence electrons. The number of pyridine rings is 1. The zero-order valence-corrected chi connectivity index (χ0v) is 12.9. The highest BCUT2D eigenvalue weighted by Gasteiger charge is 2.09. The van der Waals surface area contributed by atoms with Gasteiger partial charge in [-0.1, -0.05) is 6.07 Å². The van der Waals surface area contributed by atoms with E-state index in [1.165, 1.54) is 0 Å². The number of carbonyl (C=O) groups excluding carboxylic acids is 1. The van der Waals surface area contributed by atoms with Crippen LogP contribution in [0.25, 0.3) is 0 Å².